The van der Waals surface area contributed by atoms with Crippen LogP contribution in [0.4, 0.5) is 17.1 Å². The van der Waals surface area contributed by atoms with Gasteiger partial charge in [-0.1, -0.05) is 6.92 Å². The van der Waals surface area contributed by atoms with E-state index in [9.17, 15) is 20.2 Å². The first-order valence-electron chi connectivity index (χ1n) is 6.38. The maximum atomic E-state index is 11.1. The zero-order valence-electron chi connectivity index (χ0n) is 11.5. The number of nitrogens with zero attached hydrogens (tertiary/aromatic N) is 4. The Morgan fingerprint density at radius 1 is 1.25 bits per heavy atom. The highest BCUT2D eigenvalue weighted by Gasteiger charge is 2.48. The van der Waals surface area contributed by atoms with Crippen LogP contribution < -0.4 is 5.01 Å². The summed E-state index contributed by atoms with van der Waals surface area (Å²) in [5, 5.41) is 25.7. The lowest BCUT2D eigenvalue weighted by molar-refractivity contribution is -0.393. The van der Waals surface area contributed by atoms with E-state index in [4.69, 9.17) is 0 Å². The monoisotopic (exact) mass is 280 g/mol. The first kappa shape index (κ1) is 14.2. The molecule has 1 aromatic carbocycles. The summed E-state index contributed by atoms with van der Waals surface area (Å²) in [6, 6.07) is 3.97. The van der Waals surface area contributed by atoms with Gasteiger partial charge in [-0.2, -0.15) is 5.01 Å². The van der Waals surface area contributed by atoms with Crippen LogP contribution in [-0.4, -0.2) is 27.1 Å². The van der Waals surface area contributed by atoms with E-state index in [1.807, 2.05) is 30.8 Å². The quantitative estimate of drug-likeness (QED) is 0.467. The SMILES string of the molecule is CCC1N(c2ccc([N+](=O)[O-])cc2[N+](=O)[O-])N1C(C)C. The van der Waals surface area contributed by atoms with Crippen LogP contribution in [0, 0.1) is 20.2 Å². The fourth-order valence-corrected chi connectivity index (χ4v) is 2.43. The Morgan fingerprint density at radius 2 is 1.90 bits per heavy atom. The maximum absolute atomic E-state index is 11.1. The standard InChI is InChI=1S/C12H16N4O4/c1-4-12-13(8(2)3)14(12)10-6-5-9(15(17)18)7-11(10)16(19)20/h5-8,12H,4H2,1-3H3. The van der Waals surface area contributed by atoms with E-state index in [0.29, 0.717) is 5.69 Å². The minimum absolute atomic E-state index is 0.107. The molecule has 1 heterocycles. The van der Waals surface area contributed by atoms with Crippen LogP contribution in [0.15, 0.2) is 18.2 Å². The number of anilines is 1. The third-order valence-electron chi connectivity index (χ3n) is 3.29. The first-order valence-corrected chi connectivity index (χ1v) is 6.38. The highest BCUT2D eigenvalue weighted by Crippen LogP contribution is 2.43. The van der Waals surface area contributed by atoms with Crippen molar-refractivity contribution >= 4 is 17.1 Å². The second kappa shape index (κ2) is 5.04. The topological polar surface area (TPSA) is 92.3 Å². The molecule has 1 saturated heterocycles. The van der Waals surface area contributed by atoms with Crippen LogP contribution in [0.5, 0.6) is 0 Å². The summed E-state index contributed by atoms with van der Waals surface area (Å²) in [6.07, 6.45) is 0.932. The van der Waals surface area contributed by atoms with Crippen LogP contribution in [0.3, 0.4) is 0 Å². The van der Waals surface area contributed by atoms with E-state index in [2.05, 4.69) is 0 Å². The van der Waals surface area contributed by atoms with E-state index in [1.165, 1.54) is 12.1 Å². The predicted molar refractivity (Wildman–Crippen MR) is 73.3 cm³/mol. The number of nitro groups is 2. The Morgan fingerprint density at radius 3 is 2.30 bits per heavy atom. The summed E-state index contributed by atoms with van der Waals surface area (Å²) in [4.78, 5) is 20.7. The summed E-state index contributed by atoms with van der Waals surface area (Å²) in [5.74, 6) is 0. The molecule has 0 aromatic heterocycles. The predicted octanol–water partition coefficient (Wildman–Crippen LogP) is 2.68. The van der Waals surface area contributed by atoms with Crippen molar-refractivity contribution in [1.29, 1.82) is 0 Å². The maximum Gasteiger partial charge on any atom is 0.300 e. The number of hydrogen-bond acceptors (Lipinski definition) is 6. The van der Waals surface area contributed by atoms with Crippen molar-refractivity contribution < 1.29 is 9.85 Å². The van der Waals surface area contributed by atoms with Gasteiger partial charge in [-0.15, -0.1) is 0 Å². The fraction of sp³-hybridized carbons (Fsp3) is 0.500. The Hall–Kier alpha value is -2.22. The zero-order valence-corrected chi connectivity index (χ0v) is 11.5. The van der Waals surface area contributed by atoms with E-state index in [0.717, 1.165) is 12.5 Å². The average molecular weight is 280 g/mol. The highest BCUT2D eigenvalue weighted by atomic mass is 16.6. The van der Waals surface area contributed by atoms with Crippen LogP contribution in [0.1, 0.15) is 27.2 Å². The molecule has 0 saturated carbocycles. The smallest absolute Gasteiger partial charge is 0.278 e. The number of benzene rings is 1. The van der Waals surface area contributed by atoms with Gasteiger partial charge >= 0.3 is 5.69 Å². The number of hydrazine groups is 1. The minimum Gasteiger partial charge on any atom is -0.278 e. The summed E-state index contributed by atoms with van der Waals surface area (Å²) in [7, 11) is 0. The third-order valence-corrected chi connectivity index (χ3v) is 3.29. The molecule has 0 radical (unpaired) electrons. The number of nitro benzene ring substituents is 2. The molecule has 0 bridgehead atoms. The molecule has 108 valence electrons. The highest BCUT2D eigenvalue weighted by molar-refractivity contribution is 5.69. The van der Waals surface area contributed by atoms with Crippen LogP contribution in [0.2, 0.25) is 0 Å². The lowest BCUT2D eigenvalue weighted by atomic mass is 10.2. The molecule has 1 aliphatic heterocycles. The largest absolute Gasteiger partial charge is 0.300 e. The van der Waals surface area contributed by atoms with Crippen LogP contribution in [0.25, 0.3) is 0 Å². The fourth-order valence-electron chi connectivity index (χ4n) is 2.43. The van der Waals surface area contributed by atoms with Crippen LogP contribution in [-0.2, 0) is 0 Å². The van der Waals surface area contributed by atoms with Crippen molar-refractivity contribution in [3.63, 3.8) is 0 Å². The summed E-state index contributed by atoms with van der Waals surface area (Å²) in [6.45, 7) is 6.00. The van der Waals surface area contributed by atoms with Crippen molar-refractivity contribution in [2.75, 3.05) is 5.01 Å². The second-order valence-corrected chi connectivity index (χ2v) is 4.89. The number of hydrogen-bond donors (Lipinski definition) is 0. The van der Waals surface area contributed by atoms with E-state index in [1.54, 1.807) is 0 Å². The van der Waals surface area contributed by atoms with Gasteiger partial charge in [-0.05, 0) is 26.3 Å². The molecular formula is C12H16N4O4. The molecule has 8 nitrogen and oxygen atoms in total. The molecule has 0 spiro atoms. The number of non-ortho nitro benzene ring substituents is 1. The van der Waals surface area contributed by atoms with Gasteiger partial charge < -0.3 is 0 Å². The third kappa shape index (κ3) is 2.29. The molecule has 1 fully saturated rings. The lowest BCUT2D eigenvalue weighted by Crippen LogP contribution is -2.15. The Bertz CT molecular complexity index is 560. The van der Waals surface area contributed by atoms with Gasteiger partial charge in [-0.25, -0.2) is 0 Å². The zero-order chi connectivity index (χ0) is 15.0. The molecule has 2 atom stereocenters. The van der Waals surface area contributed by atoms with Gasteiger partial charge in [0.15, 0.2) is 0 Å². The summed E-state index contributed by atoms with van der Waals surface area (Å²) >= 11 is 0. The molecular weight excluding hydrogens is 264 g/mol. The van der Waals surface area contributed by atoms with Crippen molar-refractivity contribution in [3.8, 4) is 0 Å². The number of rotatable bonds is 5. The minimum atomic E-state index is -0.628. The van der Waals surface area contributed by atoms with E-state index in [-0.39, 0.29) is 23.6 Å². The molecule has 0 amide bonds. The van der Waals surface area contributed by atoms with E-state index >= 15 is 0 Å². The second-order valence-electron chi connectivity index (χ2n) is 4.89. The molecule has 2 unspecified atom stereocenters. The Balaban J connectivity index is 2.42. The molecule has 0 N–H and O–H groups in total. The molecule has 0 aliphatic carbocycles. The molecule has 20 heavy (non-hydrogen) atoms. The van der Waals surface area contributed by atoms with Crippen molar-refractivity contribution in [2.24, 2.45) is 0 Å². The van der Waals surface area contributed by atoms with Gasteiger partial charge in [0.1, 0.15) is 11.9 Å². The van der Waals surface area contributed by atoms with Crippen molar-refractivity contribution in [2.45, 2.75) is 39.4 Å². The average Bonchev–Trinajstić information content (AvgIpc) is 3.12. The van der Waals surface area contributed by atoms with E-state index < -0.39 is 9.85 Å². The summed E-state index contributed by atoms with van der Waals surface area (Å²) < 4.78 is 0. The van der Waals surface area contributed by atoms with Crippen LogP contribution >= 0.6 is 0 Å². The van der Waals surface area contributed by atoms with Crippen molar-refractivity contribution in [3.05, 3.63) is 38.4 Å². The first-order chi connectivity index (χ1) is 9.38. The Kier molecular flexibility index (Phi) is 3.58. The van der Waals surface area contributed by atoms with Gasteiger partial charge in [0.05, 0.1) is 15.9 Å². The molecule has 8 heteroatoms. The van der Waals surface area contributed by atoms with Gasteiger partial charge in [0.2, 0.25) is 0 Å². The lowest BCUT2D eigenvalue weighted by Gasteiger charge is -2.09. The molecule has 1 aromatic rings. The van der Waals surface area contributed by atoms with Gasteiger partial charge in [0.25, 0.3) is 5.69 Å². The van der Waals surface area contributed by atoms with Crippen molar-refractivity contribution in [1.82, 2.24) is 5.01 Å². The molecule has 2 rings (SSSR count). The normalized spacial score (nSPS) is 21.1. The summed E-state index contributed by atoms with van der Waals surface area (Å²) in [5.41, 5.74) is -0.103. The van der Waals surface area contributed by atoms with Gasteiger partial charge in [0, 0.05) is 12.1 Å². The molecule has 1 aliphatic rings. The van der Waals surface area contributed by atoms with Gasteiger partial charge in [-0.3, -0.25) is 25.2 Å². The Labute approximate surface area is 115 Å².